The average Bonchev–Trinajstić information content (AvgIpc) is 3.29. The number of amides is 1. The molecule has 1 heterocycles. The van der Waals surface area contributed by atoms with Crippen LogP contribution in [0.4, 0.5) is 0 Å². The quantitative estimate of drug-likeness (QED) is 0.0913. The summed E-state index contributed by atoms with van der Waals surface area (Å²) in [4.78, 5) is 30.3. The second-order valence-corrected chi connectivity index (χ2v) is 12.2. The molecule has 10 heteroatoms. The molecular weight excluding hydrogens is 536 g/mol. The first-order valence-electron chi connectivity index (χ1n) is 15.7. The lowest BCUT2D eigenvalue weighted by atomic mass is 9.85. The first-order chi connectivity index (χ1) is 20.1. The van der Waals surface area contributed by atoms with Gasteiger partial charge in [0.2, 0.25) is 5.91 Å². The molecule has 2 aliphatic rings. The molecule has 3 atom stereocenters. The Balaban J connectivity index is 1.55. The van der Waals surface area contributed by atoms with Crippen LogP contribution < -0.4 is 16.2 Å². The van der Waals surface area contributed by atoms with Crippen molar-refractivity contribution >= 4 is 17.8 Å². The molecule has 1 saturated heterocycles. The second kappa shape index (κ2) is 17.2. The van der Waals surface area contributed by atoms with Gasteiger partial charge in [0, 0.05) is 45.0 Å². The predicted octanol–water partition coefficient (Wildman–Crippen LogP) is 4.17. The number of likely N-dealkylation sites (tertiary alicyclic amines) is 1. The van der Waals surface area contributed by atoms with Crippen molar-refractivity contribution in [1.82, 2.24) is 4.90 Å². The van der Waals surface area contributed by atoms with Gasteiger partial charge in [-0.2, -0.15) is 0 Å². The van der Waals surface area contributed by atoms with Crippen LogP contribution in [0.1, 0.15) is 102 Å². The van der Waals surface area contributed by atoms with E-state index in [9.17, 15) is 19.8 Å². The van der Waals surface area contributed by atoms with Crippen LogP contribution in [0, 0.1) is 11.8 Å². The number of aryl methyl sites for hydroxylation is 1. The highest BCUT2D eigenvalue weighted by Gasteiger charge is 2.30. The number of aromatic hydroxyl groups is 1. The molecule has 3 unspecified atom stereocenters. The number of carbonyl (C=O) groups is 2. The summed E-state index contributed by atoms with van der Waals surface area (Å²) in [7, 11) is 1.50. The smallest absolute Gasteiger partial charge is 0.302 e. The Morgan fingerprint density at radius 1 is 1.12 bits per heavy atom. The standard InChI is InChI=1S/C32H52N4O6/c1-22(37)42-28(19-27(38)11-7-6-10-23-8-4-3-5-9-23)13-12-24-16-26(31(40)29(17-24)41-2)21-36-20-25(18-30(36)39)14-15-35-32(33)34/h16-17,23,25,27-28,38,40H,3-15,18-21H2,1-2H3,(H4,33,34,35). The van der Waals surface area contributed by atoms with Gasteiger partial charge in [-0.25, -0.2) is 0 Å². The van der Waals surface area contributed by atoms with E-state index in [1.165, 1.54) is 52.6 Å². The number of ether oxygens (including phenoxy) is 2. The third-order valence-electron chi connectivity index (χ3n) is 8.67. The topological polar surface area (TPSA) is 161 Å². The van der Waals surface area contributed by atoms with Crippen LogP contribution in [0.2, 0.25) is 0 Å². The van der Waals surface area contributed by atoms with Crippen LogP contribution in [-0.2, 0) is 27.3 Å². The molecule has 6 N–H and O–H groups in total. The van der Waals surface area contributed by atoms with Crippen molar-refractivity contribution < 1.29 is 29.3 Å². The fourth-order valence-corrected chi connectivity index (χ4v) is 6.43. The number of carbonyl (C=O) groups excluding carboxylic acids is 2. The number of rotatable bonds is 17. The summed E-state index contributed by atoms with van der Waals surface area (Å²) in [6, 6.07) is 3.65. The van der Waals surface area contributed by atoms with E-state index >= 15 is 0 Å². The number of aliphatic hydroxyl groups excluding tert-OH is 1. The molecule has 42 heavy (non-hydrogen) atoms. The number of hydrogen-bond acceptors (Lipinski definition) is 7. The van der Waals surface area contributed by atoms with Crippen LogP contribution >= 0.6 is 0 Å². The van der Waals surface area contributed by atoms with Gasteiger partial charge in [-0.05, 0) is 49.1 Å². The minimum atomic E-state index is -0.522. The minimum Gasteiger partial charge on any atom is -0.504 e. The highest BCUT2D eigenvalue weighted by atomic mass is 16.5. The highest BCUT2D eigenvalue weighted by molar-refractivity contribution is 5.79. The van der Waals surface area contributed by atoms with Crippen molar-refractivity contribution in [3.8, 4) is 11.5 Å². The van der Waals surface area contributed by atoms with Crippen LogP contribution in [-0.4, -0.2) is 65.4 Å². The van der Waals surface area contributed by atoms with Gasteiger partial charge in [0.15, 0.2) is 17.5 Å². The molecule has 0 spiro atoms. The third kappa shape index (κ3) is 11.3. The largest absolute Gasteiger partial charge is 0.504 e. The molecule has 1 aliphatic carbocycles. The summed E-state index contributed by atoms with van der Waals surface area (Å²) in [5, 5.41) is 21.5. The molecule has 236 valence electrons. The van der Waals surface area contributed by atoms with E-state index in [1.807, 2.05) is 6.07 Å². The van der Waals surface area contributed by atoms with E-state index in [-0.39, 0.29) is 36.0 Å². The Labute approximate surface area is 250 Å². The van der Waals surface area contributed by atoms with Gasteiger partial charge in [-0.3, -0.25) is 14.6 Å². The summed E-state index contributed by atoms with van der Waals surface area (Å²) >= 11 is 0. The van der Waals surface area contributed by atoms with Gasteiger partial charge in [-0.15, -0.1) is 0 Å². The van der Waals surface area contributed by atoms with E-state index in [2.05, 4.69) is 4.99 Å². The highest BCUT2D eigenvalue weighted by Crippen LogP contribution is 2.35. The number of benzene rings is 1. The first kappa shape index (κ1) is 33.5. The number of esters is 1. The molecule has 3 rings (SSSR count). The van der Waals surface area contributed by atoms with Crippen molar-refractivity contribution in [3.05, 3.63) is 23.3 Å². The Bertz CT molecular complexity index is 1040. The number of nitrogens with two attached hydrogens (primary N) is 2. The second-order valence-electron chi connectivity index (χ2n) is 12.2. The van der Waals surface area contributed by atoms with Gasteiger partial charge >= 0.3 is 5.97 Å². The number of phenolic OH excluding ortho intramolecular Hbond substituents is 1. The number of aliphatic imine (C=N–C) groups is 1. The normalized spacial score (nSPS) is 19.0. The molecule has 1 saturated carbocycles. The fourth-order valence-electron chi connectivity index (χ4n) is 6.43. The van der Waals surface area contributed by atoms with Crippen molar-refractivity contribution in [2.45, 2.75) is 116 Å². The summed E-state index contributed by atoms with van der Waals surface area (Å²) < 4.78 is 11.0. The van der Waals surface area contributed by atoms with Gasteiger partial charge in [0.05, 0.1) is 13.2 Å². The molecule has 1 amide bonds. The van der Waals surface area contributed by atoms with Gasteiger partial charge in [-0.1, -0.05) is 57.4 Å². The van der Waals surface area contributed by atoms with Crippen LogP contribution in [0.25, 0.3) is 0 Å². The van der Waals surface area contributed by atoms with E-state index in [0.717, 1.165) is 24.3 Å². The van der Waals surface area contributed by atoms with E-state index < -0.39 is 12.2 Å². The van der Waals surface area contributed by atoms with E-state index in [4.69, 9.17) is 20.9 Å². The van der Waals surface area contributed by atoms with E-state index in [0.29, 0.717) is 62.9 Å². The van der Waals surface area contributed by atoms with Crippen molar-refractivity contribution in [3.63, 3.8) is 0 Å². The lowest BCUT2D eigenvalue weighted by Gasteiger charge is -2.23. The Kier molecular flexibility index (Phi) is 13.7. The third-order valence-corrected chi connectivity index (χ3v) is 8.67. The predicted molar refractivity (Wildman–Crippen MR) is 163 cm³/mol. The molecule has 0 bridgehead atoms. The molecular formula is C32H52N4O6. The summed E-state index contributed by atoms with van der Waals surface area (Å²) in [5.41, 5.74) is 12.3. The van der Waals surface area contributed by atoms with Gasteiger partial charge in [0.25, 0.3) is 0 Å². The van der Waals surface area contributed by atoms with E-state index in [1.54, 1.807) is 11.0 Å². The van der Waals surface area contributed by atoms with Crippen molar-refractivity contribution in [1.29, 1.82) is 0 Å². The maximum atomic E-state index is 12.7. The summed E-state index contributed by atoms with van der Waals surface area (Å²) in [6.07, 6.45) is 12.5. The SMILES string of the molecule is COc1cc(CCC(CC(O)CCCCC2CCCCC2)OC(C)=O)cc(CN2CC(CCN=C(N)N)CC2=O)c1O. The monoisotopic (exact) mass is 588 g/mol. The zero-order valence-electron chi connectivity index (χ0n) is 25.6. The van der Waals surface area contributed by atoms with Crippen LogP contribution in [0.15, 0.2) is 17.1 Å². The Morgan fingerprint density at radius 3 is 2.57 bits per heavy atom. The molecule has 0 radical (unpaired) electrons. The first-order valence-corrected chi connectivity index (χ1v) is 15.7. The fraction of sp³-hybridized carbons (Fsp3) is 0.719. The van der Waals surface area contributed by atoms with Gasteiger partial charge < -0.3 is 36.1 Å². The summed E-state index contributed by atoms with van der Waals surface area (Å²) in [5.74, 6) is 1.04. The van der Waals surface area contributed by atoms with Crippen molar-refractivity contribution in [2.75, 3.05) is 20.2 Å². The lowest BCUT2D eigenvalue weighted by molar-refractivity contribution is -0.148. The van der Waals surface area contributed by atoms with Gasteiger partial charge in [0.1, 0.15) is 6.10 Å². The summed E-state index contributed by atoms with van der Waals surface area (Å²) in [6.45, 7) is 2.70. The number of aliphatic hydroxyl groups is 1. The van der Waals surface area contributed by atoms with Crippen LogP contribution in [0.3, 0.4) is 0 Å². The number of methoxy groups -OCH3 is 1. The van der Waals surface area contributed by atoms with Crippen LogP contribution in [0.5, 0.6) is 11.5 Å². The molecule has 1 aromatic carbocycles. The maximum Gasteiger partial charge on any atom is 0.302 e. The van der Waals surface area contributed by atoms with Crippen molar-refractivity contribution in [2.24, 2.45) is 28.3 Å². The Hall–Kier alpha value is -3.01. The molecule has 0 aromatic heterocycles. The number of hydrogen-bond donors (Lipinski definition) is 4. The zero-order valence-corrected chi connectivity index (χ0v) is 25.6. The number of unbranched alkanes of at least 4 members (excludes halogenated alkanes) is 1. The average molecular weight is 589 g/mol. The zero-order chi connectivity index (χ0) is 30.5. The molecule has 2 fully saturated rings. The molecule has 1 aliphatic heterocycles. The molecule has 10 nitrogen and oxygen atoms in total. The lowest BCUT2D eigenvalue weighted by Crippen LogP contribution is -2.25. The maximum absolute atomic E-state index is 12.7. The number of phenols is 1. The molecule has 1 aromatic rings. The Morgan fingerprint density at radius 2 is 1.88 bits per heavy atom. The minimum absolute atomic E-state index is 0.0122. The number of nitrogens with zero attached hydrogens (tertiary/aromatic N) is 2. The number of guanidine groups is 1.